The first kappa shape index (κ1) is 26.3. The Kier molecular flexibility index (Phi) is 7.80. The molecule has 2 N–H and O–H groups in total. The van der Waals surface area contributed by atoms with Crippen LogP contribution in [0.5, 0.6) is 0 Å². The third-order valence-corrected chi connectivity index (χ3v) is 7.50. The number of aryl methyl sites for hydroxylation is 1. The molecule has 1 atom stereocenters. The van der Waals surface area contributed by atoms with Gasteiger partial charge in [0, 0.05) is 11.8 Å². The first-order chi connectivity index (χ1) is 15.8. The van der Waals surface area contributed by atoms with Crippen LogP contribution >= 0.6 is 23.3 Å². The van der Waals surface area contributed by atoms with E-state index in [9.17, 15) is 9.90 Å². The SMILES string of the molecule is CC(C)(C)O.CSN1c2c(C)c(CC(=O)O)c(-c3ccc(C)cc3)c(C)c2-c2scnc2[C@@H]1C. The molecule has 0 fully saturated rings. The Labute approximate surface area is 211 Å². The molecule has 0 saturated carbocycles. The summed E-state index contributed by atoms with van der Waals surface area (Å²) in [6.07, 6.45) is 2.08. The van der Waals surface area contributed by atoms with Crippen molar-refractivity contribution in [1.29, 1.82) is 0 Å². The molecule has 0 amide bonds. The third kappa shape index (κ3) is 5.32. The van der Waals surface area contributed by atoms with Gasteiger partial charge >= 0.3 is 5.97 Å². The summed E-state index contributed by atoms with van der Waals surface area (Å²) in [5, 5.41) is 18.2. The molecule has 7 heteroatoms. The van der Waals surface area contributed by atoms with Gasteiger partial charge in [0.15, 0.2) is 0 Å². The van der Waals surface area contributed by atoms with E-state index in [1.807, 2.05) is 5.51 Å². The molecule has 34 heavy (non-hydrogen) atoms. The predicted octanol–water partition coefficient (Wildman–Crippen LogP) is 6.97. The van der Waals surface area contributed by atoms with Crippen LogP contribution in [0, 0.1) is 20.8 Å². The number of rotatable bonds is 4. The van der Waals surface area contributed by atoms with Gasteiger partial charge in [-0.25, -0.2) is 4.98 Å². The second kappa shape index (κ2) is 10.1. The molecule has 1 aromatic heterocycles. The summed E-state index contributed by atoms with van der Waals surface area (Å²) in [6, 6.07) is 8.51. The molecule has 3 aromatic rings. The van der Waals surface area contributed by atoms with Gasteiger partial charge in [-0.1, -0.05) is 41.8 Å². The fourth-order valence-electron chi connectivity index (χ4n) is 4.38. The van der Waals surface area contributed by atoms with Crippen molar-refractivity contribution in [2.24, 2.45) is 0 Å². The van der Waals surface area contributed by atoms with Gasteiger partial charge in [-0.3, -0.25) is 4.79 Å². The molecule has 0 aliphatic carbocycles. The van der Waals surface area contributed by atoms with Crippen LogP contribution in [-0.4, -0.2) is 33.0 Å². The van der Waals surface area contributed by atoms with Crippen molar-refractivity contribution >= 4 is 34.9 Å². The summed E-state index contributed by atoms with van der Waals surface area (Å²) < 4.78 is 2.28. The quantitative estimate of drug-likeness (QED) is 0.379. The number of carbonyl (C=O) groups is 1. The van der Waals surface area contributed by atoms with Crippen molar-refractivity contribution in [2.75, 3.05) is 10.6 Å². The molecule has 4 rings (SSSR count). The molecular formula is C27H34N2O3S2. The first-order valence-corrected chi connectivity index (χ1v) is 13.4. The Morgan fingerprint density at radius 3 is 2.24 bits per heavy atom. The Balaban J connectivity index is 0.000000588. The Hall–Kier alpha value is -2.35. The maximum atomic E-state index is 11.8. The number of aliphatic hydroxyl groups is 1. The van der Waals surface area contributed by atoms with E-state index in [1.165, 1.54) is 16.0 Å². The molecule has 1 aliphatic rings. The summed E-state index contributed by atoms with van der Waals surface area (Å²) in [6.45, 7) is 13.6. The van der Waals surface area contributed by atoms with Gasteiger partial charge < -0.3 is 14.5 Å². The number of anilines is 1. The second-order valence-electron chi connectivity index (χ2n) is 9.69. The lowest BCUT2D eigenvalue weighted by Crippen LogP contribution is -2.26. The van der Waals surface area contributed by atoms with Gasteiger partial charge in [-0.2, -0.15) is 0 Å². The van der Waals surface area contributed by atoms with Crippen molar-refractivity contribution in [2.45, 2.75) is 66.5 Å². The second-order valence-corrected chi connectivity index (χ2v) is 11.3. The summed E-state index contributed by atoms with van der Waals surface area (Å²) in [5.74, 6) is -0.807. The van der Waals surface area contributed by atoms with Crippen molar-refractivity contribution in [1.82, 2.24) is 4.98 Å². The van der Waals surface area contributed by atoms with Gasteiger partial charge in [0.05, 0.1) is 39.8 Å². The highest BCUT2D eigenvalue weighted by Gasteiger charge is 2.35. The fraction of sp³-hybridized carbons (Fsp3) is 0.407. The highest BCUT2D eigenvalue weighted by atomic mass is 32.2. The van der Waals surface area contributed by atoms with Gasteiger partial charge in [-0.15, -0.1) is 11.3 Å². The van der Waals surface area contributed by atoms with Crippen molar-refractivity contribution < 1.29 is 15.0 Å². The van der Waals surface area contributed by atoms with Crippen LogP contribution in [0.2, 0.25) is 0 Å². The topological polar surface area (TPSA) is 73.7 Å². The number of nitrogens with zero attached hydrogens (tertiary/aromatic N) is 2. The van der Waals surface area contributed by atoms with Crippen molar-refractivity contribution in [3.05, 3.63) is 57.7 Å². The van der Waals surface area contributed by atoms with E-state index >= 15 is 0 Å². The summed E-state index contributed by atoms with van der Waals surface area (Å²) >= 11 is 3.34. The fourth-order valence-corrected chi connectivity index (χ4v) is 6.19. The number of hydrogen-bond acceptors (Lipinski definition) is 6. The first-order valence-electron chi connectivity index (χ1n) is 11.3. The zero-order valence-corrected chi connectivity index (χ0v) is 22.8. The van der Waals surface area contributed by atoms with E-state index in [0.29, 0.717) is 0 Å². The molecule has 0 unspecified atom stereocenters. The van der Waals surface area contributed by atoms with Gasteiger partial charge in [0.25, 0.3) is 0 Å². The zero-order valence-electron chi connectivity index (χ0n) is 21.2. The number of fused-ring (bicyclic) bond motifs is 3. The molecule has 0 bridgehead atoms. The van der Waals surface area contributed by atoms with Crippen molar-refractivity contribution in [3.8, 4) is 21.6 Å². The van der Waals surface area contributed by atoms with Crippen LogP contribution in [0.4, 0.5) is 5.69 Å². The van der Waals surface area contributed by atoms with E-state index in [4.69, 9.17) is 5.11 Å². The predicted molar refractivity (Wildman–Crippen MR) is 145 cm³/mol. The van der Waals surface area contributed by atoms with Crippen LogP contribution in [-0.2, 0) is 11.2 Å². The number of carboxylic acid groups (broad SMARTS) is 1. The van der Waals surface area contributed by atoms with E-state index < -0.39 is 11.6 Å². The number of carboxylic acids is 1. The minimum absolute atomic E-state index is 0.00924. The Morgan fingerprint density at radius 2 is 1.71 bits per heavy atom. The molecule has 2 heterocycles. The molecule has 0 spiro atoms. The van der Waals surface area contributed by atoms with Gasteiger partial charge in [0.1, 0.15) is 0 Å². The van der Waals surface area contributed by atoms with E-state index in [2.05, 4.69) is 67.5 Å². The van der Waals surface area contributed by atoms with Crippen LogP contribution in [0.1, 0.15) is 61.7 Å². The zero-order chi connectivity index (χ0) is 25.4. The third-order valence-electron chi connectivity index (χ3n) is 5.75. The van der Waals surface area contributed by atoms with E-state index in [0.717, 1.165) is 39.2 Å². The van der Waals surface area contributed by atoms with E-state index in [-0.39, 0.29) is 12.5 Å². The molecule has 2 aromatic carbocycles. The highest BCUT2D eigenvalue weighted by Crippen LogP contribution is 2.54. The molecular weight excluding hydrogens is 464 g/mol. The number of thiazole rings is 1. The summed E-state index contributed by atoms with van der Waals surface area (Å²) in [4.78, 5) is 17.6. The smallest absolute Gasteiger partial charge is 0.307 e. The minimum atomic E-state index is -0.807. The van der Waals surface area contributed by atoms with Crippen LogP contribution in [0.25, 0.3) is 21.6 Å². The number of hydrogen-bond donors (Lipinski definition) is 2. The Morgan fingerprint density at radius 1 is 1.12 bits per heavy atom. The number of benzene rings is 2. The van der Waals surface area contributed by atoms with Crippen LogP contribution in [0.3, 0.4) is 0 Å². The normalized spacial score (nSPS) is 14.7. The lowest BCUT2D eigenvalue weighted by molar-refractivity contribution is -0.136. The summed E-state index contributed by atoms with van der Waals surface area (Å²) in [5.41, 5.74) is 11.2. The summed E-state index contributed by atoms with van der Waals surface area (Å²) in [7, 11) is 0. The largest absolute Gasteiger partial charge is 0.481 e. The molecule has 0 saturated heterocycles. The maximum Gasteiger partial charge on any atom is 0.307 e. The van der Waals surface area contributed by atoms with Gasteiger partial charge in [0.2, 0.25) is 0 Å². The minimum Gasteiger partial charge on any atom is -0.481 e. The Bertz CT molecular complexity index is 1190. The molecule has 5 nitrogen and oxygen atoms in total. The maximum absolute atomic E-state index is 11.8. The van der Waals surface area contributed by atoms with Gasteiger partial charge in [-0.05, 0) is 76.3 Å². The lowest BCUT2D eigenvalue weighted by atomic mass is 9.83. The molecule has 182 valence electrons. The standard InChI is InChI=1S/C23H24N2O2S2.C4H10O/c1-12-6-8-16(9-7-12)19-14(3)20-22(13(2)17(19)10-18(26)27)25(28-5)15(4)21-23(20)29-11-24-21;1-4(2,3)5/h6-9,11,15H,10H2,1-5H3,(H,26,27);5H,1-3H3/t15-;/m0./s1. The lowest BCUT2D eigenvalue weighted by Gasteiger charge is -2.37. The number of aliphatic carboxylic acids is 1. The number of aromatic nitrogens is 1. The average molecular weight is 499 g/mol. The molecule has 0 radical (unpaired) electrons. The van der Waals surface area contributed by atoms with Crippen LogP contribution in [0.15, 0.2) is 29.8 Å². The van der Waals surface area contributed by atoms with Crippen LogP contribution < -0.4 is 4.31 Å². The monoisotopic (exact) mass is 498 g/mol. The van der Waals surface area contributed by atoms with E-state index in [1.54, 1.807) is 44.1 Å². The average Bonchev–Trinajstić information content (AvgIpc) is 3.21. The van der Waals surface area contributed by atoms with Crippen molar-refractivity contribution in [3.63, 3.8) is 0 Å². The molecule has 1 aliphatic heterocycles. The highest BCUT2D eigenvalue weighted by molar-refractivity contribution is 8.00.